The summed E-state index contributed by atoms with van der Waals surface area (Å²) in [5.74, 6) is 1.29. The molecule has 8 nitrogen and oxygen atoms in total. The number of amides is 3. The van der Waals surface area contributed by atoms with Crippen LogP contribution in [0.4, 0.5) is 4.79 Å². The Labute approximate surface area is 199 Å². The Morgan fingerprint density at radius 2 is 1.94 bits per heavy atom. The van der Waals surface area contributed by atoms with E-state index in [1.807, 2.05) is 44.4 Å². The first-order valence-electron chi connectivity index (χ1n) is 11.3. The van der Waals surface area contributed by atoms with Crippen molar-refractivity contribution in [3.8, 4) is 11.5 Å². The van der Waals surface area contributed by atoms with Gasteiger partial charge in [-0.15, -0.1) is 11.3 Å². The summed E-state index contributed by atoms with van der Waals surface area (Å²) in [5, 5.41) is 4.84. The van der Waals surface area contributed by atoms with Gasteiger partial charge < -0.3 is 29.3 Å². The van der Waals surface area contributed by atoms with Crippen molar-refractivity contribution in [1.82, 2.24) is 15.1 Å². The van der Waals surface area contributed by atoms with E-state index in [1.165, 1.54) is 0 Å². The van der Waals surface area contributed by atoms with Gasteiger partial charge in [-0.2, -0.15) is 0 Å². The number of carbonyl (C=O) groups is 2. The van der Waals surface area contributed by atoms with Gasteiger partial charge in [0.1, 0.15) is 6.54 Å². The Balaban J connectivity index is 1.74. The van der Waals surface area contributed by atoms with Gasteiger partial charge in [0.15, 0.2) is 11.5 Å². The fourth-order valence-corrected chi connectivity index (χ4v) is 4.43. The molecule has 0 atom stereocenters. The Hall–Kier alpha value is -2.78. The number of carbonyl (C=O) groups excluding carboxylic acids is 2. The number of ether oxygens (including phenoxy) is 3. The number of nitrogens with one attached hydrogen (secondary N) is 1. The molecule has 3 rings (SSSR count). The van der Waals surface area contributed by atoms with E-state index in [2.05, 4.69) is 11.4 Å². The highest BCUT2D eigenvalue weighted by atomic mass is 32.1. The highest BCUT2D eigenvalue weighted by Gasteiger charge is 2.23. The first-order chi connectivity index (χ1) is 16.0. The second-order valence-corrected chi connectivity index (χ2v) is 8.77. The van der Waals surface area contributed by atoms with Crippen molar-refractivity contribution < 1.29 is 23.8 Å². The van der Waals surface area contributed by atoms with Crippen LogP contribution >= 0.6 is 11.3 Å². The van der Waals surface area contributed by atoms with Crippen molar-refractivity contribution >= 4 is 23.3 Å². The molecule has 180 valence electrons. The second kappa shape index (κ2) is 12.5. The van der Waals surface area contributed by atoms with Gasteiger partial charge in [0.2, 0.25) is 12.7 Å². The van der Waals surface area contributed by atoms with Gasteiger partial charge in [-0.1, -0.05) is 6.07 Å². The van der Waals surface area contributed by atoms with Gasteiger partial charge in [0, 0.05) is 37.7 Å². The number of hydrogen-bond donors (Lipinski definition) is 1. The molecule has 33 heavy (non-hydrogen) atoms. The molecule has 0 bridgehead atoms. The molecule has 1 aliphatic heterocycles. The number of urea groups is 1. The molecule has 0 saturated carbocycles. The summed E-state index contributed by atoms with van der Waals surface area (Å²) in [4.78, 5) is 30.5. The van der Waals surface area contributed by atoms with E-state index in [9.17, 15) is 9.59 Å². The van der Waals surface area contributed by atoms with E-state index in [0.29, 0.717) is 57.3 Å². The van der Waals surface area contributed by atoms with Crippen molar-refractivity contribution in [2.75, 3.05) is 39.6 Å². The Bertz CT molecular complexity index is 933. The van der Waals surface area contributed by atoms with Crippen LogP contribution in [0.25, 0.3) is 0 Å². The Morgan fingerprint density at radius 1 is 1.12 bits per heavy atom. The molecule has 0 radical (unpaired) electrons. The highest BCUT2D eigenvalue weighted by molar-refractivity contribution is 7.10. The molecule has 0 spiro atoms. The molecule has 0 saturated heterocycles. The first-order valence-corrected chi connectivity index (χ1v) is 12.2. The smallest absolute Gasteiger partial charge is 0.317 e. The predicted octanol–water partition coefficient (Wildman–Crippen LogP) is 3.77. The molecule has 3 amide bonds. The quantitative estimate of drug-likeness (QED) is 0.473. The molecule has 1 aliphatic rings. The van der Waals surface area contributed by atoms with Crippen molar-refractivity contribution in [1.29, 1.82) is 0 Å². The number of benzene rings is 1. The van der Waals surface area contributed by atoms with E-state index in [-0.39, 0.29) is 25.3 Å². The lowest BCUT2D eigenvalue weighted by molar-refractivity contribution is -0.133. The summed E-state index contributed by atoms with van der Waals surface area (Å²) in [7, 11) is 0. The SMILES string of the molecule is CCNC(=O)N(CCCOCC)CC(=O)N(Cc1ccc2c(c1)OCO2)Cc1sccc1C. The van der Waals surface area contributed by atoms with E-state index in [4.69, 9.17) is 14.2 Å². The normalized spacial score (nSPS) is 12.0. The lowest BCUT2D eigenvalue weighted by Crippen LogP contribution is -2.47. The topological polar surface area (TPSA) is 80.3 Å². The third kappa shape index (κ3) is 7.10. The number of fused-ring (bicyclic) bond motifs is 1. The standard InChI is InChI=1S/C24H33N3O5S/c1-4-25-24(29)26(10-6-11-30-5-2)16-23(28)27(15-22-18(3)9-12-33-22)14-19-7-8-20-21(13-19)32-17-31-20/h7-9,12-13H,4-6,10-11,14-17H2,1-3H3,(H,25,29). The van der Waals surface area contributed by atoms with Crippen LogP contribution in [-0.4, -0.2) is 61.4 Å². The maximum Gasteiger partial charge on any atom is 0.317 e. The Kier molecular flexibility index (Phi) is 9.38. The maximum absolute atomic E-state index is 13.4. The predicted molar refractivity (Wildman–Crippen MR) is 128 cm³/mol. The van der Waals surface area contributed by atoms with Crippen LogP contribution < -0.4 is 14.8 Å². The van der Waals surface area contributed by atoms with Crippen molar-refractivity contribution in [3.05, 3.63) is 45.6 Å². The average molecular weight is 476 g/mol. The average Bonchev–Trinajstić information content (AvgIpc) is 3.43. The van der Waals surface area contributed by atoms with Gasteiger partial charge in [-0.25, -0.2) is 4.79 Å². The van der Waals surface area contributed by atoms with Crippen LogP contribution in [-0.2, 0) is 22.6 Å². The maximum atomic E-state index is 13.4. The second-order valence-electron chi connectivity index (χ2n) is 7.77. The summed E-state index contributed by atoms with van der Waals surface area (Å²) >= 11 is 1.63. The van der Waals surface area contributed by atoms with Crippen molar-refractivity contribution in [2.24, 2.45) is 0 Å². The van der Waals surface area contributed by atoms with Gasteiger partial charge in [0.05, 0.1) is 6.54 Å². The fraction of sp³-hybridized carbons (Fsp3) is 0.500. The van der Waals surface area contributed by atoms with E-state index < -0.39 is 0 Å². The minimum absolute atomic E-state index is 0.00688. The summed E-state index contributed by atoms with van der Waals surface area (Å²) in [6, 6.07) is 7.54. The van der Waals surface area contributed by atoms with Crippen LogP contribution in [0.1, 0.15) is 36.3 Å². The van der Waals surface area contributed by atoms with Crippen molar-refractivity contribution in [2.45, 2.75) is 40.3 Å². The van der Waals surface area contributed by atoms with Crippen molar-refractivity contribution in [3.63, 3.8) is 0 Å². The number of hydrogen-bond acceptors (Lipinski definition) is 6. The third-order valence-electron chi connectivity index (χ3n) is 5.33. The monoisotopic (exact) mass is 475 g/mol. The molecule has 2 aromatic rings. The van der Waals surface area contributed by atoms with Gasteiger partial charge in [0.25, 0.3) is 0 Å². The molecule has 0 unspecified atom stereocenters. The molecular formula is C24H33N3O5S. The summed E-state index contributed by atoms with van der Waals surface area (Å²) < 4.78 is 16.3. The van der Waals surface area contributed by atoms with E-state index in [1.54, 1.807) is 21.1 Å². The van der Waals surface area contributed by atoms with Gasteiger partial charge in [-0.05, 0) is 61.9 Å². The zero-order valence-electron chi connectivity index (χ0n) is 19.6. The van der Waals surface area contributed by atoms with Crippen LogP contribution in [0.15, 0.2) is 29.6 Å². The van der Waals surface area contributed by atoms with Gasteiger partial charge >= 0.3 is 6.03 Å². The fourth-order valence-electron chi connectivity index (χ4n) is 3.51. The first kappa shape index (κ1) is 24.9. The molecule has 1 aromatic carbocycles. The molecule has 1 aromatic heterocycles. The molecule has 0 aliphatic carbocycles. The molecular weight excluding hydrogens is 442 g/mol. The molecule has 2 heterocycles. The number of aryl methyl sites for hydroxylation is 1. The molecule has 1 N–H and O–H groups in total. The van der Waals surface area contributed by atoms with Crippen LogP contribution in [0.2, 0.25) is 0 Å². The number of nitrogens with zero attached hydrogens (tertiary/aromatic N) is 2. The summed E-state index contributed by atoms with van der Waals surface area (Å²) in [6.45, 7) is 9.09. The van der Waals surface area contributed by atoms with E-state index in [0.717, 1.165) is 16.0 Å². The van der Waals surface area contributed by atoms with E-state index >= 15 is 0 Å². The minimum atomic E-state index is -0.238. The highest BCUT2D eigenvalue weighted by Crippen LogP contribution is 2.33. The van der Waals surface area contributed by atoms with Crippen LogP contribution in [0.3, 0.4) is 0 Å². The summed E-state index contributed by atoms with van der Waals surface area (Å²) in [6.07, 6.45) is 0.671. The van der Waals surface area contributed by atoms with Crippen LogP contribution in [0, 0.1) is 6.92 Å². The zero-order valence-corrected chi connectivity index (χ0v) is 20.4. The molecule has 9 heteroatoms. The Morgan fingerprint density at radius 3 is 2.67 bits per heavy atom. The largest absolute Gasteiger partial charge is 0.454 e. The zero-order chi connectivity index (χ0) is 23.6. The van der Waals surface area contributed by atoms with Gasteiger partial charge in [-0.3, -0.25) is 4.79 Å². The summed E-state index contributed by atoms with van der Waals surface area (Å²) in [5.41, 5.74) is 2.10. The number of rotatable bonds is 12. The van der Waals surface area contributed by atoms with Crippen LogP contribution in [0.5, 0.6) is 11.5 Å². The minimum Gasteiger partial charge on any atom is -0.454 e. The third-order valence-corrected chi connectivity index (χ3v) is 6.34. The number of thiophene rings is 1. The molecule has 0 fully saturated rings. The lowest BCUT2D eigenvalue weighted by atomic mass is 10.1. The lowest BCUT2D eigenvalue weighted by Gasteiger charge is -2.28.